The van der Waals surface area contributed by atoms with Crippen LogP contribution in [-0.2, 0) is 27.1 Å². The van der Waals surface area contributed by atoms with Crippen molar-refractivity contribution in [1.82, 2.24) is 0 Å². The quantitative estimate of drug-likeness (QED) is 0.165. The average molecular weight is 989 g/mol. The van der Waals surface area contributed by atoms with Gasteiger partial charge in [0.1, 0.15) is 11.2 Å². The van der Waals surface area contributed by atoms with Crippen LogP contribution in [0.5, 0.6) is 0 Å². The van der Waals surface area contributed by atoms with Crippen molar-refractivity contribution in [2.45, 2.75) is 180 Å². The van der Waals surface area contributed by atoms with Gasteiger partial charge in [-0.05, 0) is 154 Å². The maximum atomic E-state index is 10.3. The first-order valence-electron chi connectivity index (χ1n) is 29.9. The normalized spacial score (nSPS) is 25.1. The molecule has 0 amide bonds. The van der Waals surface area contributed by atoms with Crippen molar-refractivity contribution in [3.63, 3.8) is 0 Å². The van der Waals surface area contributed by atoms with E-state index in [-0.39, 0.29) is 40.6 Å². The van der Waals surface area contributed by atoms with Crippen molar-refractivity contribution >= 4 is 84.9 Å². The number of benzene rings is 7. The third-order valence-electron chi connectivity index (χ3n) is 20.4. The lowest BCUT2D eigenvalue weighted by molar-refractivity contribution is 0.194. The highest BCUT2D eigenvalue weighted by atomic mass is 16.3. The van der Waals surface area contributed by atoms with Gasteiger partial charge in [0.2, 0.25) is 0 Å². The Labute approximate surface area is 451 Å². The van der Waals surface area contributed by atoms with Crippen LogP contribution in [0.1, 0.15) is 173 Å². The van der Waals surface area contributed by atoms with Crippen LogP contribution in [0.15, 0.2) is 132 Å². The fourth-order valence-electron chi connectivity index (χ4n) is 15.7. The molecule has 6 aliphatic rings. The molecule has 4 atom stereocenters. The van der Waals surface area contributed by atoms with Crippen molar-refractivity contribution in [2.24, 2.45) is 0 Å². The van der Waals surface area contributed by atoms with Crippen molar-refractivity contribution in [2.75, 3.05) is 14.7 Å². The third kappa shape index (κ3) is 6.19. The van der Waals surface area contributed by atoms with Gasteiger partial charge in [0.15, 0.2) is 0 Å². The molecule has 75 heavy (non-hydrogen) atoms. The van der Waals surface area contributed by atoms with Crippen molar-refractivity contribution in [3.05, 3.63) is 155 Å². The van der Waals surface area contributed by atoms with Gasteiger partial charge in [0, 0.05) is 61.3 Å². The standard InChI is InChI=1S/C70H76BN3O/c1-64(2,3)44-27-30-54(50(37-44)43-23-15-14-16-24-43)72-56-32-29-49-48-25-17-18-26-59(48)75-63(49)61(56)71-53-40-46(66(7,8)9)39-52-62(53)74(70(13)36-22-20-34-68(52,70)11)58-42-47(41-57(72)60(58)71)73-55-31-28-45(65(4,5)6)38-51(55)67(10)33-19-21-35-69(67,73)12/h14-18,23-32,37-42H,19-22,33-36H2,1-13H3/i28D,31D,38D. The number of furan rings is 1. The molecule has 0 spiro atoms. The van der Waals surface area contributed by atoms with Gasteiger partial charge in [-0.25, -0.2) is 0 Å². The Kier molecular flexibility index (Phi) is 8.95. The van der Waals surface area contributed by atoms with E-state index >= 15 is 0 Å². The van der Waals surface area contributed by atoms with Gasteiger partial charge in [-0.3, -0.25) is 0 Å². The summed E-state index contributed by atoms with van der Waals surface area (Å²) in [5.41, 5.74) is 19.4. The first-order valence-corrected chi connectivity index (χ1v) is 28.4. The van der Waals surface area contributed by atoms with Crippen LogP contribution in [0, 0.1) is 0 Å². The number of hydrogen-bond acceptors (Lipinski definition) is 4. The summed E-state index contributed by atoms with van der Waals surface area (Å²) in [6.07, 6.45) is 8.46. The summed E-state index contributed by atoms with van der Waals surface area (Å²) in [7, 11) is 0. The lowest BCUT2D eigenvalue weighted by atomic mass is 9.33. The molecule has 2 aliphatic carbocycles. The topological polar surface area (TPSA) is 22.9 Å². The van der Waals surface area contributed by atoms with Gasteiger partial charge >= 0.3 is 0 Å². The van der Waals surface area contributed by atoms with E-state index in [4.69, 9.17) is 4.42 Å². The number of rotatable bonds is 3. The predicted molar refractivity (Wildman–Crippen MR) is 320 cm³/mol. The minimum absolute atomic E-state index is 0.101. The molecule has 4 unspecified atom stereocenters. The molecular formula is C70H76BN3O. The minimum Gasteiger partial charge on any atom is -0.457 e. The van der Waals surface area contributed by atoms with E-state index in [0.717, 1.165) is 112 Å². The zero-order chi connectivity index (χ0) is 54.8. The molecule has 2 fully saturated rings. The van der Waals surface area contributed by atoms with E-state index in [0.29, 0.717) is 11.6 Å². The molecule has 0 N–H and O–H groups in total. The molecule has 0 radical (unpaired) electrons. The highest BCUT2D eigenvalue weighted by molar-refractivity contribution is 7.01. The smallest absolute Gasteiger partial charge is 0.257 e. The van der Waals surface area contributed by atoms with Crippen LogP contribution < -0.4 is 31.1 Å². The molecule has 0 bridgehead atoms. The summed E-state index contributed by atoms with van der Waals surface area (Å²) in [5, 5.41) is 2.25. The van der Waals surface area contributed by atoms with E-state index in [1.807, 2.05) is 0 Å². The van der Waals surface area contributed by atoms with Gasteiger partial charge in [-0.1, -0.05) is 181 Å². The van der Waals surface area contributed by atoms with Crippen LogP contribution in [0.4, 0.5) is 39.8 Å². The highest BCUT2D eigenvalue weighted by Crippen LogP contribution is 2.65. The van der Waals surface area contributed by atoms with Crippen LogP contribution in [-0.4, -0.2) is 17.8 Å². The van der Waals surface area contributed by atoms with E-state index in [2.05, 4.69) is 214 Å². The maximum Gasteiger partial charge on any atom is 0.257 e. The molecule has 0 saturated heterocycles. The van der Waals surface area contributed by atoms with Gasteiger partial charge in [-0.2, -0.15) is 0 Å². The first-order chi connectivity index (χ1) is 36.8. The second kappa shape index (κ2) is 15.3. The Balaban J connectivity index is 1.18. The van der Waals surface area contributed by atoms with Crippen LogP contribution in [0.25, 0.3) is 33.1 Å². The molecule has 2 saturated carbocycles. The molecular weight excluding hydrogens is 910 g/mol. The lowest BCUT2D eigenvalue weighted by Gasteiger charge is -2.53. The van der Waals surface area contributed by atoms with E-state index in [1.54, 1.807) is 0 Å². The number of fused-ring (bicyclic) bond motifs is 14. The number of para-hydroxylation sites is 1. The van der Waals surface area contributed by atoms with E-state index in [1.165, 1.54) is 50.9 Å². The van der Waals surface area contributed by atoms with Gasteiger partial charge in [0.05, 0.1) is 20.9 Å². The van der Waals surface area contributed by atoms with E-state index < -0.39 is 16.4 Å². The minimum atomic E-state index is -0.489. The molecule has 380 valence electrons. The van der Waals surface area contributed by atoms with Gasteiger partial charge < -0.3 is 19.1 Å². The maximum absolute atomic E-state index is 10.3. The average Bonchev–Trinajstić information content (AvgIpc) is 4.17. The fourth-order valence-corrected chi connectivity index (χ4v) is 15.7. The molecule has 4 nitrogen and oxygen atoms in total. The van der Waals surface area contributed by atoms with Gasteiger partial charge in [0.25, 0.3) is 6.71 Å². The number of hydrogen-bond donors (Lipinski definition) is 0. The van der Waals surface area contributed by atoms with Crippen LogP contribution in [0.2, 0.25) is 0 Å². The van der Waals surface area contributed by atoms with E-state index in [9.17, 15) is 4.11 Å². The zero-order valence-electron chi connectivity index (χ0n) is 49.9. The molecule has 8 aromatic rings. The molecule has 14 rings (SSSR count). The Morgan fingerprint density at radius 1 is 0.520 bits per heavy atom. The summed E-state index contributed by atoms with van der Waals surface area (Å²) >= 11 is 0. The monoisotopic (exact) mass is 989 g/mol. The molecule has 7 aromatic carbocycles. The Hall–Kier alpha value is -6.20. The second-order valence-corrected chi connectivity index (χ2v) is 27.7. The molecule has 5 heterocycles. The molecule has 5 heteroatoms. The number of nitrogens with zero attached hydrogens (tertiary/aromatic N) is 3. The SMILES string of the molecule is [2H]c1c([2H])c(C(C)(C)C)c([2H])c2c1N(c1cc3c4c(c1)N1c5c(cc(C(C)(C)C)cc5C5(C)CCCCC15C)B4c1c(ccc4c1oc1ccccc14)N3c1ccc(C(C)(C)C)cc1-c1ccccc1)C1(C)CCCCC21C. The predicted octanol–water partition coefficient (Wildman–Crippen LogP) is 17.2. The Bertz CT molecular complexity index is 3910. The van der Waals surface area contributed by atoms with Gasteiger partial charge in [-0.15, -0.1) is 0 Å². The third-order valence-corrected chi connectivity index (χ3v) is 20.4. The lowest BCUT2D eigenvalue weighted by Crippen LogP contribution is -2.64. The summed E-state index contributed by atoms with van der Waals surface area (Å²) < 4.78 is 37.8. The summed E-state index contributed by atoms with van der Waals surface area (Å²) in [6.45, 7) is 30.2. The Morgan fingerprint density at radius 3 is 1.85 bits per heavy atom. The largest absolute Gasteiger partial charge is 0.457 e. The van der Waals surface area contributed by atoms with Crippen LogP contribution >= 0.6 is 0 Å². The molecule has 1 aromatic heterocycles. The Morgan fingerprint density at radius 2 is 1.15 bits per heavy atom. The van der Waals surface area contributed by atoms with Crippen molar-refractivity contribution in [1.29, 1.82) is 0 Å². The fraction of sp³-hybridized carbons (Fsp3) is 0.400. The highest BCUT2D eigenvalue weighted by Gasteiger charge is 2.63. The molecule has 4 aliphatic heterocycles. The zero-order valence-corrected chi connectivity index (χ0v) is 46.9. The van der Waals surface area contributed by atoms with Crippen LogP contribution in [0.3, 0.4) is 0 Å². The summed E-state index contributed by atoms with van der Waals surface area (Å²) in [5.74, 6) is 0. The summed E-state index contributed by atoms with van der Waals surface area (Å²) in [4.78, 5) is 7.97. The van der Waals surface area contributed by atoms with Crippen molar-refractivity contribution < 1.29 is 8.53 Å². The first kappa shape index (κ1) is 44.0. The number of anilines is 7. The second-order valence-electron chi connectivity index (χ2n) is 27.7. The van der Waals surface area contributed by atoms with Crippen molar-refractivity contribution in [3.8, 4) is 11.1 Å². The summed E-state index contributed by atoms with van der Waals surface area (Å²) in [6, 6.07) is 42.5.